The quantitative estimate of drug-likeness (QED) is 0.129. The Morgan fingerprint density at radius 3 is 0.955 bits per heavy atom. The molecule has 0 radical (unpaired) electrons. The molecule has 9 heteroatoms. The molecule has 0 aliphatic rings. The van der Waals surface area contributed by atoms with Gasteiger partial charge >= 0.3 is 0 Å². The van der Waals surface area contributed by atoms with Crippen molar-refractivity contribution in [3.05, 3.63) is 394 Å². The molecule has 0 N–H and O–H groups in total. The van der Waals surface area contributed by atoms with Crippen molar-refractivity contribution in [2.45, 2.75) is 0 Å². The fourth-order valence-corrected chi connectivity index (χ4v) is 16.5. The average molecular weight is 1400 g/mol. The van der Waals surface area contributed by atoms with E-state index in [1.54, 1.807) is 0 Å². The third kappa shape index (κ3) is 10.8. The molecule has 6 aromatic heterocycles. The molecule has 0 atom stereocenters. The standard InChI is InChI=1S/C51H33N5.C50H32N4/c1-4-14-34(15-5-1)35-24-28-40(29-25-35)56-44-22-12-10-20-41(44)42-32-33-46-47(48(42)56)43-21-11-13-23-45(43)55(46)39-30-26-38(27-31-39)51-53-49(36-16-6-2-7-17-36)52-50(54-51)37-18-8-3-9-19-37;1-3-15-34(16-4-1)42-32-43(52-50(51-42)36-17-5-2-6-18-36)35-26-28-37(29-27-35)53-46-24-12-10-22-41(46)48-47(53)31-30-40-39-21-9-11-23-45(39)54(49(40)48)44-25-13-19-33-14-7-8-20-38(33)44/h1-33H;1-32H. The number of para-hydroxylation sites is 4. The van der Waals surface area contributed by atoms with Crippen LogP contribution in [-0.2, 0) is 0 Å². The van der Waals surface area contributed by atoms with Gasteiger partial charge in [-0.3, -0.25) is 0 Å². The second-order valence-corrected chi connectivity index (χ2v) is 27.9. The molecule has 0 aliphatic heterocycles. The van der Waals surface area contributed by atoms with E-state index < -0.39 is 0 Å². The van der Waals surface area contributed by atoms with Crippen LogP contribution in [0.4, 0.5) is 0 Å². The first-order valence-electron chi connectivity index (χ1n) is 37.2. The molecular formula is C101H65N9. The van der Waals surface area contributed by atoms with E-state index in [1.165, 1.54) is 104 Å². The summed E-state index contributed by atoms with van der Waals surface area (Å²) in [5, 5.41) is 12.3. The van der Waals surface area contributed by atoms with Crippen LogP contribution in [0.5, 0.6) is 0 Å². The van der Waals surface area contributed by atoms with E-state index >= 15 is 0 Å². The lowest BCUT2D eigenvalue weighted by atomic mass is 10.1. The predicted molar refractivity (Wildman–Crippen MR) is 455 cm³/mol. The van der Waals surface area contributed by atoms with E-state index in [4.69, 9.17) is 24.9 Å². The Labute approximate surface area is 633 Å². The minimum atomic E-state index is 0.635. The van der Waals surface area contributed by atoms with Crippen molar-refractivity contribution in [3.8, 4) is 102 Å². The van der Waals surface area contributed by atoms with E-state index in [9.17, 15) is 0 Å². The number of aromatic nitrogens is 9. The smallest absolute Gasteiger partial charge is 0.164 e. The first kappa shape index (κ1) is 63.5. The van der Waals surface area contributed by atoms with Gasteiger partial charge in [0.2, 0.25) is 0 Å². The molecule has 0 unspecified atom stereocenters. The summed E-state index contributed by atoms with van der Waals surface area (Å²) in [5.74, 6) is 2.64. The zero-order chi connectivity index (χ0) is 72.6. The van der Waals surface area contributed by atoms with Gasteiger partial charge in [0.05, 0.1) is 61.2 Å². The zero-order valence-corrected chi connectivity index (χ0v) is 59.6. The van der Waals surface area contributed by atoms with E-state index in [0.29, 0.717) is 23.3 Å². The highest BCUT2D eigenvalue weighted by Crippen LogP contribution is 2.46. The fourth-order valence-electron chi connectivity index (χ4n) is 16.5. The van der Waals surface area contributed by atoms with Gasteiger partial charge in [-0.15, -0.1) is 0 Å². The minimum absolute atomic E-state index is 0.635. The molecule has 0 saturated heterocycles. The van der Waals surface area contributed by atoms with Crippen LogP contribution < -0.4 is 0 Å². The zero-order valence-electron chi connectivity index (χ0n) is 59.6. The predicted octanol–water partition coefficient (Wildman–Crippen LogP) is 25.6. The summed E-state index contributed by atoms with van der Waals surface area (Å²) in [7, 11) is 0. The van der Waals surface area contributed by atoms with Gasteiger partial charge in [0.25, 0.3) is 0 Å². The molecule has 22 aromatic rings. The average Bonchev–Trinajstić information content (AvgIpc) is 1.52. The second-order valence-electron chi connectivity index (χ2n) is 27.9. The highest BCUT2D eigenvalue weighted by atomic mass is 15.1. The molecular weight excluding hydrogens is 1340 g/mol. The summed E-state index contributed by atoms with van der Waals surface area (Å²) in [4.78, 5) is 24.9. The van der Waals surface area contributed by atoms with E-state index in [2.05, 4.69) is 328 Å². The van der Waals surface area contributed by atoms with E-state index in [0.717, 1.165) is 72.9 Å². The van der Waals surface area contributed by atoms with Crippen molar-refractivity contribution in [1.29, 1.82) is 0 Å². The highest BCUT2D eigenvalue weighted by molar-refractivity contribution is 6.28. The summed E-state index contributed by atoms with van der Waals surface area (Å²) >= 11 is 0. The maximum absolute atomic E-state index is 5.09. The van der Waals surface area contributed by atoms with Crippen LogP contribution in [0, 0.1) is 0 Å². The largest absolute Gasteiger partial charge is 0.309 e. The minimum Gasteiger partial charge on any atom is -0.309 e. The third-order valence-corrected chi connectivity index (χ3v) is 21.5. The number of hydrogen-bond acceptors (Lipinski definition) is 5. The van der Waals surface area contributed by atoms with Gasteiger partial charge in [-0.2, -0.15) is 0 Å². The Bertz CT molecular complexity index is 7150. The normalized spacial score (nSPS) is 11.6. The van der Waals surface area contributed by atoms with Crippen molar-refractivity contribution in [2.24, 2.45) is 0 Å². The Hall–Kier alpha value is -14.9. The monoisotopic (exact) mass is 1400 g/mol. The number of fused-ring (bicyclic) bond motifs is 15. The van der Waals surface area contributed by atoms with Gasteiger partial charge in [-0.05, 0) is 114 Å². The molecule has 0 amide bonds. The van der Waals surface area contributed by atoms with Gasteiger partial charge in [0, 0.05) is 98.9 Å². The number of hydrogen-bond donors (Lipinski definition) is 0. The maximum Gasteiger partial charge on any atom is 0.164 e. The molecule has 6 heterocycles. The lowest BCUT2D eigenvalue weighted by molar-refractivity contribution is 1.07. The van der Waals surface area contributed by atoms with E-state index in [1.807, 2.05) is 84.9 Å². The van der Waals surface area contributed by atoms with E-state index in [-0.39, 0.29) is 0 Å². The third-order valence-electron chi connectivity index (χ3n) is 21.5. The molecule has 0 saturated carbocycles. The molecule has 0 bridgehead atoms. The summed E-state index contributed by atoms with van der Waals surface area (Å²) < 4.78 is 9.71. The van der Waals surface area contributed by atoms with Crippen molar-refractivity contribution >= 4 is 98.0 Å². The molecule has 0 aliphatic carbocycles. The molecule has 0 spiro atoms. The SMILES string of the molecule is c1ccc(-c2cc(-c3ccc(-n4c5ccccc5c5c4ccc4c6ccccc6n(-c6cccc7ccccc67)c45)cc3)nc(-c3ccccc3)n2)cc1.c1ccc(-c2ccc(-n3c4ccccc4c4ccc5c(c6ccccc6n5-c5ccc(-c6nc(-c7ccccc7)nc(-c7ccccc7)n6)cc5)c43)cc2)cc1. The van der Waals surface area contributed by atoms with Crippen LogP contribution in [0.25, 0.3) is 200 Å². The second kappa shape index (κ2) is 26.6. The summed E-state index contributed by atoms with van der Waals surface area (Å²) in [6, 6.07) is 139. The topological polar surface area (TPSA) is 84.2 Å². The van der Waals surface area contributed by atoms with Crippen LogP contribution >= 0.6 is 0 Å². The van der Waals surface area contributed by atoms with Gasteiger partial charge < -0.3 is 18.3 Å². The Morgan fingerprint density at radius 2 is 0.482 bits per heavy atom. The van der Waals surface area contributed by atoms with Crippen LogP contribution in [-0.4, -0.2) is 43.2 Å². The van der Waals surface area contributed by atoms with Crippen molar-refractivity contribution < 1.29 is 0 Å². The Morgan fingerprint density at radius 1 is 0.173 bits per heavy atom. The Kier molecular flexibility index (Phi) is 15.4. The molecule has 0 fully saturated rings. The molecule has 22 rings (SSSR count). The summed E-state index contributed by atoms with van der Waals surface area (Å²) in [6.45, 7) is 0. The lowest BCUT2D eigenvalue weighted by Gasteiger charge is -2.13. The molecule has 16 aromatic carbocycles. The van der Waals surface area contributed by atoms with Crippen molar-refractivity contribution in [3.63, 3.8) is 0 Å². The lowest BCUT2D eigenvalue weighted by Crippen LogP contribution is -2.00. The highest BCUT2D eigenvalue weighted by Gasteiger charge is 2.25. The first-order chi connectivity index (χ1) is 54.6. The van der Waals surface area contributed by atoms with Crippen molar-refractivity contribution in [2.75, 3.05) is 0 Å². The van der Waals surface area contributed by atoms with Crippen LogP contribution in [0.1, 0.15) is 0 Å². The fraction of sp³-hybridized carbons (Fsp3) is 0. The maximum atomic E-state index is 5.09. The summed E-state index contributed by atoms with van der Waals surface area (Å²) in [5.41, 5.74) is 24.0. The summed E-state index contributed by atoms with van der Waals surface area (Å²) in [6.07, 6.45) is 0. The number of rotatable bonds is 11. The first-order valence-corrected chi connectivity index (χ1v) is 37.2. The number of benzene rings is 16. The molecule has 110 heavy (non-hydrogen) atoms. The number of nitrogens with zero attached hydrogens (tertiary/aromatic N) is 9. The van der Waals surface area contributed by atoms with Crippen LogP contribution in [0.2, 0.25) is 0 Å². The van der Waals surface area contributed by atoms with Crippen LogP contribution in [0.3, 0.4) is 0 Å². The molecule has 514 valence electrons. The van der Waals surface area contributed by atoms with Gasteiger partial charge in [-0.25, -0.2) is 24.9 Å². The Balaban J connectivity index is 0.000000140. The molecule has 9 nitrogen and oxygen atoms in total. The van der Waals surface area contributed by atoms with Gasteiger partial charge in [0.15, 0.2) is 23.3 Å². The van der Waals surface area contributed by atoms with Crippen LogP contribution in [0.15, 0.2) is 394 Å². The van der Waals surface area contributed by atoms with Gasteiger partial charge in [0.1, 0.15) is 0 Å². The van der Waals surface area contributed by atoms with Crippen molar-refractivity contribution in [1.82, 2.24) is 43.2 Å². The van der Waals surface area contributed by atoms with Gasteiger partial charge in [-0.1, -0.05) is 297 Å².